The van der Waals surface area contributed by atoms with Crippen LogP contribution in [0.3, 0.4) is 0 Å². The van der Waals surface area contributed by atoms with Crippen molar-refractivity contribution in [1.82, 2.24) is 9.38 Å². The fourth-order valence-corrected chi connectivity index (χ4v) is 1.89. The summed E-state index contributed by atoms with van der Waals surface area (Å²) in [6.07, 6.45) is 1.42. The van der Waals surface area contributed by atoms with Crippen LogP contribution in [0.25, 0.3) is 5.65 Å². The van der Waals surface area contributed by atoms with Crippen molar-refractivity contribution in [2.75, 3.05) is 0 Å². The number of para-hydroxylation sites is 1. The molecule has 0 amide bonds. The first-order chi connectivity index (χ1) is 10.2. The third kappa shape index (κ3) is 2.32. The summed E-state index contributed by atoms with van der Waals surface area (Å²) in [6.45, 7) is 0. The summed E-state index contributed by atoms with van der Waals surface area (Å²) in [4.78, 5) is 26.6. The van der Waals surface area contributed by atoms with E-state index in [1.54, 1.807) is 48.5 Å². The van der Waals surface area contributed by atoms with Gasteiger partial charge in [0.1, 0.15) is 11.4 Å². The van der Waals surface area contributed by atoms with Gasteiger partial charge >= 0.3 is 17.1 Å². The molecule has 2 heterocycles. The maximum Gasteiger partial charge on any atom is 0.396 e. The monoisotopic (exact) mass is 283 g/mol. The normalized spacial score (nSPS) is 10.5. The number of hydrogen-bond donors (Lipinski definition) is 0. The lowest BCUT2D eigenvalue weighted by Gasteiger charge is -2.06. The van der Waals surface area contributed by atoms with Gasteiger partial charge in [-0.3, -0.25) is 19.3 Å². The van der Waals surface area contributed by atoms with Crippen LogP contribution in [-0.4, -0.2) is 14.3 Å². The van der Waals surface area contributed by atoms with E-state index in [9.17, 15) is 14.9 Å². The molecule has 0 aliphatic rings. The number of nitrogens with zero attached hydrogens (tertiary/aromatic N) is 3. The Labute approximate surface area is 118 Å². The van der Waals surface area contributed by atoms with Crippen LogP contribution < -0.4 is 10.3 Å². The molecule has 0 fully saturated rings. The van der Waals surface area contributed by atoms with Crippen LogP contribution in [0.2, 0.25) is 0 Å². The highest BCUT2D eigenvalue weighted by molar-refractivity contribution is 5.50. The lowest BCUT2D eigenvalue weighted by atomic mass is 10.3. The number of aromatic nitrogens is 2. The van der Waals surface area contributed by atoms with Gasteiger partial charge in [-0.05, 0) is 24.3 Å². The zero-order valence-corrected chi connectivity index (χ0v) is 10.7. The Kier molecular flexibility index (Phi) is 3.07. The van der Waals surface area contributed by atoms with Crippen molar-refractivity contribution in [2.24, 2.45) is 0 Å². The summed E-state index contributed by atoms with van der Waals surface area (Å²) in [7, 11) is 0. The van der Waals surface area contributed by atoms with E-state index in [4.69, 9.17) is 4.74 Å². The molecule has 2 aromatic heterocycles. The molecule has 7 heteroatoms. The number of fused-ring (bicyclic) bond motifs is 1. The Morgan fingerprint density at radius 3 is 2.52 bits per heavy atom. The van der Waals surface area contributed by atoms with E-state index in [0.717, 1.165) is 4.40 Å². The summed E-state index contributed by atoms with van der Waals surface area (Å²) in [6, 6.07) is 13.3. The summed E-state index contributed by atoms with van der Waals surface area (Å²) in [5.41, 5.74) is -1.20. The maximum absolute atomic E-state index is 12.2. The molecule has 0 saturated carbocycles. The molecule has 21 heavy (non-hydrogen) atoms. The second-order valence-electron chi connectivity index (χ2n) is 4.17. The lowest BCUT2D eigenvalue weighted by Crippen LogP contribution is -2.19. The zero-order chi connectivity index (χ0) is 14.8. The third-order valence-corrected chi connectivity index (χ3v) is 2.82. The molecular formula is C14H9N3O4. The van der Waals surface area contributed by atoms with Crippen LogP contribution in [0, 0.1) is 10.1 Å². The van der Waals surface area contributed by atoms with Gasteiger partial charge < -0.3 is 4.74 Å². The topological polar surface area (TPSA) is 86.7 Å². The van der Waals surface area contributed by atoms with Gasteiger partial charge in [-0.25, -0.2) is 0 Å². The molecule has 0 aliphatic heterocycles. The van der Waals surface area contributed by atoms with E-state index in [-0.39, 0.29) is 11.5 Å². The van der Waals surface area contributed by atoms with E-state index < -0.39 is 16.2 Å². The third-order valence-electron chi connectivity index (χ3n) is 2.82. The quantitative estimate of drug-likeness (QED) is 0.544. The Morgan fingerprint density at radius 1 is 1.10 bits per heavy atom. The van der Waals surface area contributed by atoms with Crippen molar-refractivity contribution in [2.45, 2.75) is 0 Å². The van der Waals surface area contributed by atoms with Gasteiger partial charge in [0, 0.05) is 6.20 Å². The van der Waals surface area contributed by atoms with E-state index in [0.29, 0.717) is 5.75 Å². The molecule has 0 atom stereocenters. The van der Waals surface area contributed by atoms with Crippen LogP contribution in [0.15, 0.2) is 59.5 Å². The molecule has 0 spiro atoms. The first kappa shape index (κ1) is 12.8. The van der Waals surface area contributed by atoms with Crippen molar-refractivity contribution in [3.8, 4) is 11.6 Å². The van der Waals surface area contributed by atoms with E-state index in [1.165, 1.54) is 6.20 Å². The minimum atomic E-state index is -0.785. The van der Waals surface area contributed by atoms with Gasteiger partial charge in [0.05, 0.1) is 4.92 Å². The van der Waals surface area contributed by atoms with Crippen molar-refractivity contribution in [3.63, 3.8) is 0 Å². The minimum Gasteiger partial charge on any atom is -0.433 e. The van der Waals surface area contributed by atoms with Crippen molar-refractivity contribution in [3.05, 3.63) is 75.2 Å². The van der Waals surface area contributed by atoms with Crippen LogP contribution in [-0.2, 0) is 0 Å². The molecule has 1 aromatic carbocycles. The minimum absolute atomic E-state index is 0.277. The smallest absolute Gasteiger partial charge is 0.396 e. The largest absolute Gasteiger partial charge is 0.433 e. The number of ether oxygens (including phenoxy) is 1. The maximum atomic E-state index is 12.2. The second kappa shape index (κ2) is 5.04. The van der Waals surface area contributed by atoms with Gasteiger partial charge in [0.2, 0.25) is 0 Å². The van der Waals surface area contributed by atoms with Crippen molar-refractivity contribution >= 4 is 11.3 Å². The summed E-state index contributed by atoms with van der Waals surface area (Å²) in [5, 5.41) is 11.1. The van der Waals surface area contributed by atoms with Crippen LogP contribution >= 0.6 is 0 Å². The van der Waals surface area contributed by atoms with Gasteiger partial charge in [0.15, 0.2) is 0 Å². The average molecular weight is 283 g/mol. The molecule has 3 rings (SSSR count). The summed E-state index contributed by atoms with van der Waals surface area (Å²) in [5.74, 6) is 0.0511. The predicted octanol–water partition coefficient (Wildman–Crippen LogP) is 2.39. The van der Waals surface area contributed by atoms with E-state index in [2.05, 4.69) is 4.98 Å². The lowest BCUT2D eigenvalue weighted by molar-refractivity contribution is -0.387. The highest BCUT2D eigenvalue weighted by Crippen LogP contribution is 2.26. The predicted molar refractivity (Wildman–Crippen MR) is 74.6 cm³/mol. The fourth-order valence-electron chi connectivity index (χ4n) is 1.89. The molecule has 0 bridgehead atoms. The summed E-state index contributed by atoms with van der Waals surface area (Å²) < 4.78 is 6.50. The zero-order valence-electron chi connectivity index (χ0n) is 10.7. The molecule has 3 aromatic rings. The average Bonchev–Trinajstić information content (AvgIpc) is 2.48. The molecule has 0 radical (unpaired) electrons. The Bertz CT molecular complexity index is 874. The van der Waals surface area contributed by atoms with Gasteiger partial charge in [-0.2, -0.15) is 4.98 Å². The van der Waals surface area contributed by atoms with Crippen LogP contribution in [0.5, 0.6) is 11.6 Å². The standard InChI is InChI=1S/C14H9N3O4/c18-14-12(17(19)20)13(21-10-6-2-1-3-7-10)15-11-8-4-5-9-16(11)14/h1-9H. The number of hydrogen-bond acceptors (Lipinski definition) is 5. The van der Waals surface area contributed by atoms with E-state index in [1.807, 2.05) is 0 Å². The number of rotatable bonds is 3. The number of nitro groups is 1. The SMILES string of the molecule is O=c1c([N+](=O)[O-])c(Oc2ccccc2)nc2ccccn12. The molecule has 0 N–H and O–H groups in total. The number of pyridine rings is 1. The first-order valence-corrected chi connectivity index (χ1v) is 6.05. The van der Waals surface area contributed by atoms with Gasteiger partial charge in [0.25, 0.3) is 0 Å². The Morgan fingerprint density at radius 2 is 1.81 bits per heavy atom. The highest BCUT2D eigenvalue weighted by atomic mass is 16.6. The van der Waals surface area contributed by atoms with Gasteiger partial charge in [-0.1, -0.05) is 24.3 Å². The summed E-state index contributed by atoms with van der Waals surface area (Å²) >= 11 is 0. The molecule has 7 nitrogen and oxygen atoms in total. The molecule has 0 aliphatic carbocycles. The Hall–Kier alpha value is -3.22. The van der Waals surface area contributed by atoms with Crippen LogP contribution in [0.4, 0.5) is 5.69 Å². The van der Waals surface area contributed by atoms with Crippen LogP contribution in [0.1, 0.15) is 0 Å². The molecule has 104 valence electrons. The molecule has 0 saturated heterocycles. The fraction of sp³-hybridized carbons (Fsp3) is 0. The second-order valence-corrected chi connectivity index (χ2v) is 4.17. The van der Waals surface area contributed by atoms with Gasteiger partial charge in [-0.15, -0.1) is 0 Å². The van der Waals surface area contributed by atoms with Crippen molar-refractivity contribution in [1.29, 1.82) is 0 Å². The van der Waals surface area contributed by atoms with E-state index >= 15 is 0 Å². The molecule has 0 unspecified atom stereocenters. The first-order valence-electron chi connectivity index (χ1n) is 6.05. The number of benzene rings is 1. The molecular weight excluding hydrogens is 274 g/mol. The highest BCUT2D eigenvalue weighted by Gasteiger charge is 2.25. The Balaban J connectivity index is 2.23. The van der Waals surface area contributed by atoms with Crippen molar-refractivity contribution < 1.29 is 9.66 Å².